The minimum Gasteiger partial charge on any atom is -0.320 e. The predicted octanol–water partition coefficient (Wildman–Crippen LogP) is 1.72. The number of H-pyrrole nitrogens is 2. The molecule has 0 atom stereocenters. The van der Waals surface area contributed by atoms with Crippen molar-refractivity contribution < 1.29 is 0 Å². The van der Waals surface area contributed by atoms with E-state index >= 15 is 0 Å². The molecule has 0 saturated carbocycles. The lowest BCUT2D eigenvalue weighted by Crippen LogP contribution is -2.02. The third-order valence-corrected chi connectivity index (χ3v) is 3.70. The van der Waals surface area contributed by atoms with Gasteiger partial charge in [0.2, 0.25) is 5.43 Å². The van der Waals surface area contributed by atoms with Crippen LogP contribution in [0.4, 0.5) is 0 Å². The van der Waals surface area contributed by atoms with Crippen LogP contribution in [-0.2, 0) is 0 Å². The molecule has 4 rings (SSSR count). The van der Waals surface area contributed by atoms with E-state index in [9.17, 15) is 9.59 Å². The largest absolute Gasteiger partial charge is 0.320 e. The summed E-state index contributed by atoms with van der Waals surface area (Å²) >= 11 is 0. The number of hydrogen-bond acceptors (Lipinski definition) is 5. The highest BCUT2D eigenvalue weighted by atomic mass is 16.1. The highest BCUT2D eigenvalue weighted by Crippen LogP contribution is 2.13. The van der Waals surface area contributed by atoms with Crippen molar-refractivity contribution in [2.45, 2.75) is 0 Å². The Labute approximate surface area is 134 Å². The van der Waals surface area contributed by atoms with E-state index in [4.69, 9.17) is 0 Å². The van der Waals surface area contributed by atoms with E-state index in [0.29, 0.717) is 10.9 Å². The average molecular weight is 317 g/mol. The van der Waals surface area contributed by atoms with E-state index in [1.54, 1.807) is 24.5 Å². The smallest absolute Gasteiger partial charge is 0.278 e. The van der Waals surface area contributed by atoms with Crippen LogP contribution in [-0.4, -0.2) is 25.4 Å². The summed E-state index contributed by atoms with van der Waals surface area (Å²) in [6.45, 7) is 0. The molecule has 0 amide bonds. The number of pyridine rings is 1. The summed E-state index contributed by atoms with van der Waals surface area (Å²) in [6.07, 6.45) is 7.25. The Balaban J connectivity index is 1.90. The SMILES string of the molecule is O=c1[nH]c2cc(C=Cc3ccncc3)ccc2c(=O)c2[nH]nnc12. The van der Waals surface area contributed by atoms with Crippen molar-refractivity contribution in [3.05, 3.63) is 74.4 Å². The second kappa shape index (κ2) is 5.54. The van der Waals surface area contributed by atoms with Crippen molar-refractivity contribution in [1.82, 2.24) is 25.4 Å². The van der Waals surface area contributed by atoms with Gasteiger partial charge in [-0.3, -0.25) is 19.7 Å². The van der Waals surface area contributed by atoms with Gasteiger partial charge in [-0.2, -0.15) is 0 Å². The maximum atomic E-state index is 12.5. The highest BCUT2D eigenvalue weighted by molar-refractivity contribution is 5.88. The number of benzene rings is 1. The molecule has 7 heteroatoms. The number of aromatic amines is 2. The summed E-state index contributed by atoms with van der Waals surface area (Å²) in [5.41, 5.74) is 1.65. The van der Waals surface area contributed by atoms with E-state index in [1.165, 1.54) is 0 Å². The number of rotatable bonds is 2. The van der Waals surface area contributed by atoms with Crippen LogP contribution in [0, 0.1) is 0 Å². The van der Waals surface area contributed by atoms with Gasteiger partial charge in [0.25, 0.3) is 5.56 Å². The maximum absolute atomic E-state index is 12.5. The van der Waals surface area contributed by atoms with Crippen molar-refractivity contribution in [3.63, 3.8) is 0 Å². The number of fused-ring (bicyclic) bond motifs is 2. The molecular weight excluding hydrogens is 306 g/mol. The van der Waals surface area contributed by atoms with Crippen molar-refractivity contribution >= 4 is 34.1 Å². The molecule has 3 heterocycles. The van der Waals surface area contributed by atoms with Gasteiger partial charge >= 0.3 is 0 Å². The van der Waals surface area contributed by atoms with Gasteiger partial charge in [-0.05, 0) is 35.4 Å². The van der Waals surface area contributed by atoms with Crippen LogP contribution in [0.15, 0.2) is 52.3 Å². The Hall–Kier alpha value is -3.61. The zero-order chi connectivity index (χ0) is 16.5. The second-order valence-electron chi connectivity index (χ2n) is 5.24. The molecule has 2 N–H and O–H groups in total. The first kappa shape index (κ1) is 14.0. The van der Waals surface area contributed by atoms with Gasteiger partial charge in [0.05, 0.1) is 5.52 Å². The van der Waals surface area contributed by atoms with Crippen LogP contribution in [0.2, 0.25) is 0 Å². The third-order valence-electron chi connectivity index (χ3n) is 3.70. The molecule has 7 nitrogen and oxygen atoms in total. The first-order valence-corrected chi connectivity index (χ1v) is 7.21. The molecule has 4 aromatic rings. The Bertz CT molecular complexity index is 1190. The fourth-order valence-electron chi connectivity index (χ4n) is 2.50. The molecular formula is C17H11N5O2. The van der Waals surface area contributed by atoms with Gasteiger partial charge in [-0.15, -0.1) is 5.10 Å². The molecule has 0 saturated heterocycles. The lowest BCUT2D eigenvalue weighted by atomic mass is 10.1. The Kier molecular flexibility index (Phi) is 3.24. The fraction of sp³-hybridized carbons (Fsp3) is 0. The molecule has 116 valence electrons. The van der Waals surface area contributed by atoms with Gasteiger partial charge in [0.15, 0.2) is 5.52 Å². The summed E-state index contributed by atoms with van der Waals surface area (Å²) < 4.78 is 0. The molecule has 0 spiro atoms. The molecule has 0 aliphatic carbocycles. The summed E-state index contributed by atoms with van der Waals surface area (Å²) in [7, 11) is 0. The Morgan fingerprint density at radius 3 is 2.58 bits per heavy atom. The lowest BCUT2D eigenvalue weighted by molar-refractivity contribution is 0.955. The van der Waals surface area contributed by atoms with Crippen LogP contribution < -0.4 is 11.0 Å². The van der Waals surface area contributed by atoms with Gasteiger partial charge in [-0.25, -0.2) is 0 Å². The molecule has 3 aromatic heterocycles. The minimum absolute atomic E-state index is 0.00470. The van der Waals surface area contributed by atoms with Crippen LogP contribution in [0.1, 0.15) is 11.1 Å². The molecule has 24 heavy (non-hydrogen) atoms. The van der Waals surface area contributed by atoms with Crippen LogP contribution in [0.25, 0.3) is 34.1 Å². The predicted molar refractivity (Wildman–Crippen MR) is 91.5 cm³/mol. The van der Waals surface area contributed by atoms with Crippen molar-refractivity contribution in [2.75, 3.05) is 0 Å². The molecule has 0 unspecified atom stereocenters. The van der Waals surface area contributed by atoms with Crippen LogP contribution in [0.5, 0.6) is 0 Å². The number of hydrogen-bond donors (Lipinski definition) is 2. The van der Waals surface area contributed by atoms with Gasteiger partial charge in [0.1, 0.15) is 5.52 Å². The van der Waals surface area contributed by atoms with E-state index in [0.717, 1.165) is 11.1 Å². The second-order valence-corrected chi connectivity index (χ2v) is 5.24. The molecule has 0 bridgehead atoms. The van der Waals surface area contributed by atoms with E-state index in [1.807, 2.05) is 30.4 Å². The minimum atomic E-state index is -0.457. The fourth-order valence-corrected chi connectivity index (χ4v) is 2.50. The Morgan fingerprint density at radius 2 is 1.75 bits per heavy atom. The van der Waals surface area contributed by atoms with E-state index in [-0.39, 0.29) is 16.5 Å². The molecule has 0 aliphatic heterocycles. The normalized spacial score (nSPS) is 11.5. The quantitative estimate of drug-likeness (QED) is 0.586. The zero-order valence-electron chi connectivity index (χ0n) is 12.4. The lowest BCUT2D eigenvalue weighted by Gasteiger charge is -1.96. The van der Waals surface area contributed by atoms with E-state index < -0.39 is 5.56 Å². The Morgan fingerprint density at radius 1 is 0.958 bits per heavy atom. The summed E-state index contributed by atoms with van der Waals surface area (Å²) in [6, 6.07) is 9.02. The van der Waals surface area contributed by atoms with Crippen molar-refractivity contribution in [1.29, 1.82) is 0 Å². The summed E-state index contributed by atoms with van der Waals surface area (Å²) in [5, 5.41) is 10.1. The molecule has 1 aromatic carbocycles. The topological polar surface area (TPSA) is 104 Å². The number of aromatic nitrogens is 5. The zero-order valence-corrected chi connectivity index (χ0v) is 12.4. The maximum Gasteiger partial charge on any atom is 0.278 e. The van der Waals surface area contributed by atoms with Crippen LogP contribution >= 0.6 is 0 Å². The van der Waals surface area contributed by atoms with Gasteiger partial charge in [0, 0.05) is 17.8 Å². The number of nitrogens with one attached hydrogen (secondary N) is 2. The van der Waals surface area contributed by atoms with E-state index in [2.05, 4.69) is 25.4 Å². The molecule has 0 radical (unpaired) electrons. The monoisotopic (exact) mass is 317 g/mol. The van der Waals surface area contributed by atoms with Gasteiger partial charge < -0.3 is 4.98 Å². The van der Waals surface area contributed by atoms with Gasteiger partial charge in [-0.1, -0.05) is 23.4 Å². The summed E-state index contributed by atoms with van der Waals surface area (Å²) in [4.78, 5) is 31.3. The highest BCUT2D eigenvalue weighted by Gasteiger charge is 2.09. The average Bonchev–Trinajstić information content (AvgIpc) is 3.07. The summed E-state index contributed by atoms with van der Waals surface area (Å²) in [5.74, 6) is 0. The number of nitrogens with zero attached hydrogens (tertiary/aromatic N) is 3. The molecule has 0 fully saturated rings. The van der Waals surface area contributed by atoms with Crippen molar-refractivity contribution in [3.8, 4) is 0 Å². The third kappa shape index (κ3) is 2.38. The molecule has 0 aliphatic rings. The standard InChI is InChI=1S/C17H11N5O2/c23-16-12-4-3-11(2-1-10-5-7-18-8-6-10)9-13(12)19-17(24)15-14(16)20-22-21-15/h1-9H,(H,19,24)(H,20,21,22). The first-order chi connectivity index (χ1) is 11.7. The van der Waals surface area contributed by atoms with Crippen LogP contribution in [0.3, 0.4) is 0 Å². The first-order valence-electron chi connectivity index (χ1n) is 7.21. The van der Waals surface area contributed by atoms with Crippen molar-refractivity contribution in [2.24, 2.45) is 0 Å².